The molecule has 0 spiro atoms. The first kappa shape index (κ1) is 24.7. The minimum absolute atomic E-state index is 0.0199. The fourth-order valence-electron chi connectivity index (χ4n) is 4.06. The first-order valence-corrected chi connectivity index (χ1v) is 11.7. The van der Waals surface area contributed by atoms with Gasteiger partial charge in [0.2, 0.25) is 5.91 Å². The van der Waals surface area contributed by atoms with Crippen LogP contribution in [0.2, 0.25) is 0 Å². The molecule has 2 aliphatic rings. The summed E-state index contributed by atoms with van der Waals surface area (Å²) in [5, 5.41) is 8.36. The minimum atomic E-state index is -0.781. The highest BCUT2D eigenvalue weighted by atomic mass is 16.5. The second-order valence-corrected chi connectivity index (χ2v) is 9.18. The van der Waals surface area contributed by atoms with E-state index in [1.165, 1.54) is 0 Å². The maximum Gasteiger partial charge on any atom is 0.321 e. The number of carbonyl (C=O) groups is 4. The number of urea groups is 1. The van der Waals surface area contributed by atoms with Crippen LogP contribution in [0.4, 0.5) is 10.5 Å². The Balaban J connectivity index is 1.59. The van der Waals surface area contributed by atoms with Gasteiger partial charge in [-0.2, -0.15) is 0 Å². The zero-order valence-corrected chi connectivity index (χ0v) is 19.6. The summed E-state index contributed by atoms with van der Waals surface area (Å²) in [5.41, 5.74) is 0.980. The molecule has 2 saturated heterocycles. The number of likely N-dealkylation sites (tertiary alicyclic amines) is 1. The lowest BCUT2D eigenvalue weighted by atomic mass is 10.0. The van der Waals surface area contributed by atoms with E-state index in [0.29, 0.717) is 17.7 Å². The SMILES string of the molecule is CC(C)CC(NC(=O)c1ccc(NC(=O)N2CCCCC2)cc1)C(=O)N[C@@H]1C(=O)CO[C@@H]1C. The summed E-state index contributed by atoms with van der Waals surface area (Å²) in [6.45, 7) is 7.13. The van der Waals surface area contributed by atoms with Crippen molar-refractivity contribution in [2.45, 2.75) is 64.6 Å². The lowest BCUT2D eigenvalue weighted by molar-refractivity contribution is -0.127. The summed E-state index contributed by atoms with van der Waals surface area (Å²) in [5.74, 6) is -0.820. The molecule has 4 amide bonds. The second kappa shape index (κ2) is 11.3. The Morgan fingerprint density at radius 1 is 1.09 bits per heavy atom. The van der Waals surface area contributed by atoms with E-state index in [0.717, 1.165) is 32.4 Å². The van der Waals surface area contributed by atoms with E-state index in [-0.39, 0.29) is 24.3 Å². The van der Waals surface area contributed by atoms with Crippen LogP contribution in [0.5, 0.6) is 0 Å². The number of piperidine rings is 1. The monoisotopic (exact) mass is 458 g/mol. The number of nitrogens with zero attached hydrogens (tertiary/aromatic N) is 1. The van der Waals surface area contributed by atoms with E-state index >= 15 is 0 Å². The lowest BCUT2D eigenvalue weighted by Crippen LogP contribution is -2.53. The Bertz CT molecular complexity index is 864. The average molecular weight is 459 g/mol. The van der Waals surface area contributed by atoms with Crippen LogP contribution in [-0.4, -0.2) is 66.4 Å². The zero-order chi connectivity index (χ0) is 24.0. The van der Waals surface area contributed by atoms with E-state index in [4.69, 9.17) is 4.74 Å². The van der Waals surface area contributed by atoms with Crippen LogP contribution in [0.15, 0.2) is 24.3 Å². The molecule has 1 unspecified atom stereocenters. The molecule has 0 aromatic heterocycles. The molecule has 3 N–H and O–H groups in total. The molecule has 3 atom stereocenters. The van der Waals surface area contributed by atoms with Gasteiger partial charge in [-0.3, -0.25) is 14.4 Å². The summed E-state index contributed by atoms with van der Waals surface area (Å²) in [4.78, 5) is 51.7. The summed E-state index contributed by atoms with van der Waals surface area (Å²) >= 11 is 0. The van der Waals surface area contributed by atoms with Gasteiger partial charge in [0.05, 0.1) is 6.10 Å². The molecule has 0 aliphatic carbocycles. The van der Waals surface area contributed by atoms with Gasteiger partial charge >= 0.3 is 6.03 Å². The molecule has 3 rings (SSSR count). The van der Waals surface area contributed by atoms with E-state index in [2.05, 4.69) is 16.0 Å². The van der Waals surface area contributed by atoms with Crippen LogP contribution in [0.25, 0.3) is 0 Å². The third-order valence-corrected chi connectivity index (χ3v) is 5.97. The van der Waals surface area contributed by atoms with Crippen molar-refractivity contribution in [1.82, 2.24) is 15.5 Å². The minimum Gasteiger partial charge on any atom is -0.368 e. The van der Waals surface area contributed by atoms with Crippen LogP contribution >= 0.6 is 0 Å². The summed E-state index contributed by atoms with van der Waals surface area (Å²) < 4.78 is 5.28. The Hall–Kier alpha value is -2.94. The number of rotatable bonds is 7. The average Bonchev–Trinajstić information content (AvgIpc) is 3.11. The number of amides is 4. The van der Waals surface area contributed by atoms with Crippen molar-refractivity contribution in [3.05, 3.63) is 29.8 Å². The highest BCUT2D eigenvalue weighted by molar-refractivity contribution is 5.99. The van der Waals surface area contributed by atoms with Gasteiger partial charge in [0, 0.05) is 24.3 Å². The number of anilines is 1. The molecular weight excluding hydrogens is 424 g/mol. The standard InChI is InChI=1S/C24H34N4O5/c1-15(2)13-19(23(31)27-21-16(3)33-14-20(21)29)26-22(30)17-7-9-18(10-8-17)25-24(32)28-11-5-4-6-12-28/h7-10,15-16,19,21H,4-6,11-14H2,1-3H3,(H,25,32)(H,26,30)(H,27,31)/t16-,19?,21+/m1/s1. The number of Topliss-reactive ketones (excluding diaryl/α,β-unsaturated/α-hetero) is 1. The highest BCUT2D eigenvalue weighted by Gasteiger charge is 2.35. The molecule has 1 aromatic carbocycles. The molecule has 0 bridgehead atoms. The van der Waals surface area contributed by atoms with E-state index in [1.54, 1.807) is 36.1 Å². The van der Waals surface area contributed by atoms with E-state index in [1.807, 2.05) is 13.8 Å². The van der Waals surface area contributed by atoms with Gasteiger partial charge in [-0.05, 0) is 62.8 Å². The molecular formula is C24H34N4O5. The zero-order valence-electron chi connectivity index (χ0n) is 19.6. The number of carbonyl (C=O) groups excluding carboxylic acids is 4. The number of hydrogen-bond donors (Lipinski definition) is 3. The quantitative estimate of drug-likeness (QED) is 0.580. The van der Waals surface area contributed by atoms with Crippen LogP contribution in [0.1, 0.15) is 56.8 Å². The van der Waals surface area contributed by atoms with Crippen LogP contribution in [-0.2, 0) is 14.3 Å². The van der Waals surface area contributed by atoms with Crippen LogP contribution in [0.3, 0.4) is 0 Å². The normalized spacial score (nSPS) is 21.6. The first-order valence-electron chi connectivity index (χ1n) is 11.7. The van der Waals surface area contributed by atoms with Gasteiger partial charge in [-0.1, -0.05) is 13.8 Å². The van der Waals surface area contributed by atoms with Crippen molar-refractivity contribution >= 4 is 29.3 Å². The Labute approximate surface area is 194 Å². The van der Waals surface area contributed by atoms with Gasteiger partial charge in [-0.15, -0.1) is 0 Å². The molecule has 2 aliphatic heterocycles. The van der Waals surface area contributed by atoms with Crippen molar-refractivity contribution in [3.8, 4) is 0 Å². The van der Waals surface area contributed by atoms with Gasteiger partial charge in [0.15, 0.2) is 5.78 Å². The number of benzene rings is 1. The first-order chi connectivity index (χ1) is 15.7. The Kier molecular flexibility index (Phi) is 8.43. The predicted molar refractivity (Wildman–Crippen MR) is 124 cm³/mol. The van der Waals surface area contributed by atoms with E-state index in [9.17, 15) is 19.2 Å². The molecule has 33 heavy (non-hydrogen) atoms. The van der Waals surface area contributed by atoms with Gasteiger partial charge < -0.3 is 25.6 Å². The van der Waals surface area contributed by atoms with Crippen molar-refractivity contribution in [2.75, 3.05) is 25.0 Å². The summed E-state index contributed by atoms with van der Waals surface area (Å²) in [7, 11) is 0. The third-order valence-electron chi connectivity index (χ3n) is 5.97. The highest BCUT2D eigenvalue weighted by Crippen LogP contribution is 2.15. The molecule has 2 fully saturated rings. The molecule has 9 nitrogen and oxygen atoms in total. The largest absolute Gasteiger partial charge is 0.368 e. The third kappa shape index (κ3) is 6.77. The van der Waals surface area contributed by atoms with Crippen molar-refractivity contribution in [3.63, 3.8) is 0 Å². The molecule has 0 saturated carbocycles. The number of nitrogens with one attached hydrogen (secondary N) is 3. The van der Waals surface area contributed by atoms with Crippen LogP contribution in [0, 0.1) is 5.92 Å². The fraction of sp³-hybridized carbons (Fsp3) is 0.583. The topological polar surface area (TPSA) is 117 Å². The van der Waals surface area contributed by atoms with Crippen molar-refractivity contribution in [1.29, 1.82) is 0 Å². The molecule has 2 heterocycles. The van der Waals surface area contributed by atoms with Crippen LogP contribution < -0.4 is 16.0 Å². The van der Waals surface area contributed by atoms with Crippen molar-refractivity contribution in [2.24, 2.45) is 5.92 Å². The maximum absolute atomic E-state index is 12.8. The van der Waals surface area contributed by atoms with Gasteiger partial charge in [0.1, 0.15) is 18.7 Å². The lowest BCUT2D eigenvalue weighted by Gasteiger charge is -2.26. The number of hydrogen-bond acceptors (Lipinski definition) is 5. The molecule has 0 radical (unpaired) electrons. The van der Waals surface area contributed by atoms with E-state index < -0.39 is 30.0 Å². The van der Waals surface area contributed by atoms with Crippen molar-refractivity contribution < 1.29 is 23.9 Å². The Morgan fingerprint density at radius 2 is 1.76 bits per heavy atom. The predicted octanol–water partition coefficient (Wildman–Crippen LogP) is 2.32. The Morgan fingerprint density at radius 3 is 2.33 bits per heavy atom. The summed E-state index contributed by atoms with van der Waals surface area (Å²) in [6, 6.07) is 4.95. The molecule has 9 heteroatoms. The summed E-state index contributed by atoms with van der Waals surface area (Å²) in [6.07, 6.45) is 3.20. The smallest absolute Gasteiger partial charge is 0.321 e. The van der Waals surface area contributed by atoms with Gasteiger partial charge in [-0.25, -0.2) is 4.79 Å². The maximum atomic E-state index is 12.8. The number of ketones is 1. The number of ether oxygens (including phenoxy) is 1. The van der Waals surface area contributed by atoms with Gasteiger partial charge in [0.25, 0.3) is 5.91 Å². The second-order valence-electron chi connectivity index (χ2n) is 9.18. The fourth-order valence-corrected chi connectivity index (χ4v) is 4.06. The molecule has 1 aromatic rings. The molecule has 180 valence electrons.